The number of hydrogen-bond acceptors (Lipinski definition) is 8. The number of anilines is 4. The molecule has 0 atom stereocenters. The molecule has 11 nitrogen and oxygen atoms in total. The summed E-state index contributed by atoms with van der Waals surface area (Å²) in [6.07, 6.45) is -0.161. The molecule has 1 aliphatic heterocycles. The zero-order valence-corrected chi connectivity index (χ0v) is 24.8. The van der Waals surface area contributed by atoms with E-state index in [9.17, 15) is 18.0 Å². The normalized spacial score (nSPS) is 15.3. The second-order valence-electron chi connectivity index (χ2n) is 11.0. The Morgan fingerprint density at radius 2 is 1.67 bits per heavy atom. The lowest BCUT2D eigenvalue weighted by Gasteiger charge is -2.34. The number of carbonyl (C=O) groups excluding carboxylic acids is 1. The summed E-state index contributed by atoms with van der Waals surface area (Å²) in [6.45, 7) is 4.11. The van der Waals surface area contributed by atoms with Crippen LogP contribution < -0.4 is 20.3 Å². The summed E-state index contributed by atoms with van der Waals surface area (Å²) in [5, 5.41) is 18.1. The molecule has 3 N–H and O–H groups in total. The molecule has 3 heterocycles. The van der Waals surface area contributed by atoms with Crippen LogP contribution in [-0.2, 0) is 9.59 Å². The van der Waals surface area contributed by atoms with Gasteiger partial charge in [0, 0.05) is 61.8 Å². The number of fused-ring (bicyclic) bond motifs is 1. The van der Waals surface area contributed by atoms with Gasteiger partial charge in [0.1, 0.15) is 5.75 Å². The standard InChI is InChI=1S/C29H33N7O2.C2HF3O2/c1-34-13-15-35(16-14-34)24-10-11-25(26(18-24)38-2)31-29-32-27-12-7-22(19-36(27)33-29)21-5-8-23(9-6-21)30-28(37)17-20-3-4-20;3-2(4,5)1(6)7/h5-12,18-20H,3-4,13-17H2,1-2H3,(H,30,37)(H,31,33);(H,6,7). The van der Waals surface area contributed by atoms with Crippen LogP contribution in [-0.4, -0.2) is 83.0 Å². The van der Waals surface area contributed by atoms with Gasteiger partial charge in [-0.1, -0.05) is 12.1 Å². The van der Waals surface area contributed by atoms with E-state index in [0.29, 0.717) is 18.3 Å². The number of likely N-dealkylation sites (N-methyl/N-ethyl adjacent to an activating group) is 1. The highest BCUT2D eigenvalue weighted by molar-refractivity contribution is 5.91. The Morgan fingerprint density at radius 3 is 2.29 bits per heavy atom. The Kier molecular flexibility index (Phi) is 9.42. The van der Waals surface area contributed by atoms with Crippen LogP contribution in [0.5, 0.6) is 5.75 Å². The molecule has 0 radical (unpaired) electrons. The number of alkyl halides is 3. The molecule has 6 rings (SSSR count). The number of piperazine rings is 1. The number of nitrogens with zero attached hydrogens (tertiary/aromatic N) is 5. The number of rotatable bonds is 8. The molecule has 1 saturated heterocycles. The van der Waals surface area contributed by atoms with Crippen LogP contribution >= 0.6 is 0 Å². The second kappa shape index (κ2) is 13.4. The number of pyridine rings is 1. The number of benzene rings is 2. The van der Waals surface area contributed by atoms with Crippen molar-refractivity contribution in [2.24, 2.45) is 5.92 Å². The van der Waals surface area contributed by atoms with Crippen molar-refractivity contribution in [1.29, 1.82) is 0 Å². The smallest absolute Gasteiger partial charge is 0.490 e. The highest BCUT2D eigenvalue weighted by atomic mass is 19.4. The monoisotopic (exact) mass is 625 g/mol. The maximum atomic E-state index is 12.1. The van der Waals surface area contributed by atoms with E-state index in [1.54, 1.807) is 11.6 Å². The zero-order valence-electron chi connectivity index (χ0n) is 24.8. The summed E-state index contributed by atoms with van der Waals surface area (Å²) in [5.41, 5.74) is 5.59. The van der Waals surface area contributed by atoms with Crippen LogP contribution in [0.1, 0.15) is 19.3 Å². The van der Waals surface area contributed by atoms with Crippen molar-refractivity contribution in [3.05, 3.63) is 60.8 Å². The first kappa shape index (κ1) is 31.6. The molecule has 4 aromatic rings. The molecule has 238 valence electrons. The van der Waals surface area contributed by atoms with Crippen LogP contribution in [0.4, 0.5) is 36.2 Å². The second-order valence-corrected chi connectivity index (χ2v) is 11.0. The molecule has 2 aromatic heterocycles. The molecule has 1 saturated carbocycles. The molecule has 14 heteroatoms. The van der Waals surface area contributed by atoms with Crippen molar-refractivity contribution in [3.63, 3.8) is 0 Å². The fraction of sp³-hybridized carbons (Fsp3) is 0.355. The number of methoxy groups -OCH3 is 1. The van der Waals surface area contributed by atoms with E-state index in [1.165, 1.54) is 12.8 Å². The average Bonchev–Trinajstić information content (AvgIpc) is 3.73. The summed E-state index contributed by atoms with van der Waals surface area (Å²) < 4.78 is 39.2. The number of ether oxygens (including phenoxy) is 1. The highest BCUT2D eigenvalue weighted by Crippen LogP contribution is 2.33. The highest BCUT2D eigenvalue weighted by Gasteiger charge is 2.38. The lowest BCUT2D eigenvalue weighted by atomic mass is 10.1. The van der Waals surface area contributed by atoms with E-state index in [2.05, 4.69) is 49.7 Å². The van der Waals surface area contributed by atoms with E-state index >= 15 is 0 Å². The number of amides is 1. The number of nitrogens with one attached hydrogen (secondary N) is 2. The van der Waals surface area contributed by atoms with Crippen LogP contribution in [0, 0.1) is 5.92 Å². The van der Waals surface area contributed by atoms with Gasteiger partial charge < -0.3 is 30.3 Å². The number of carbonyl (C=O) groups is 2. The molecule has 2 fully saturated rings. The molecule has 2 aliphatic rings. The fourth-order valence-corrected chi connectivity index (χ4v) is 4.81. The molecule has 1 aliphatic carbocycles. The summed E-state index contributed by atoms with van der Waals surface area (Å²) in [4.78, 5) is 30.3. The van der Waals surface area contributed by atoms with Crippen LogP contribution in [0.3, 0.4) is 0 Å². The zero-order chi connectivity index (χ0) is 32.1. The summed E-state index contributed by atoms with van der Waals surface area (Å²) >= 11 is 0. The number of hydrogen-bond donors (Lipinski definition) is 3. The Hall–Kier alpha value is -4.85. The quantitative estimate of drug-likeness (QED) is 0.240. The first-order valence-electron chi connectivity index (χ1n) is 14.4. The van der Waals surface area contributed by atoms with E-state index in [4.69, 9.17) is 14.6 Å². The van der Waals surface area contributed by atoms with Gasteiger partial charge in [-0.3, -0.25) is 4.79 Å². The predicted molar refractivity (Wildman–Crippen MR) is 164 cm³/mol. The Morgan fingerprint density at radius 1 is 1.00 bits per heavy atom. The SMILES string of the molecule is COc1cc(N2CCN(C)CC2)ccc1Nc1nc2ccc(-c3ccc(NC(=O)CC4CC4)cc3)cn2n1.O=C(O)C(F)(F)F. The first-order valence-corrected chi connectivity index (χ1v) is 14.4. The Bertz CT molecular complexity index is 1650. The third-order valence-electron chi connectivity index (χ3n) is 7.55. The maximum absolute atomic E-state index is 12.1. The molecule has 0 unspecified atom stereocenters. The molecular weight excluding hydrogens is 591 g/mol. The van der Waals surface area contributed by atoms with Gasteiger partial charge in [0.25, 0.3) is 0 Å². The molecule has 1 amide bonds. The van der Waals surface area contributed by atoms with Gasteiger partial charge in [-0.15, -0.1) is 5.10 Å². The number of halogens is 3. The van der Waals surface area contributed by atoms with Crippen molar-refractivity contribution >= 4 is 40.5 Å². The lowest BCUT2D eigenvalue weighted by Crippen LogP contribution is -2.44. The summed E-state index contributed by atoms with van der Waals surface area (Å²) in [7, 11) is 3.84. The summed E-state index contributed by atoms with van der Waals surface area (Å²) in [6, 6.07) is 18.1. The lowest BCUT2D eigenvalue weighted by molar-refractivity contribution is -0.192. The third-order valence-corrected chi connectivity index (χ3v) is 7.55. The Labute approximate surface area is 257 Å². The number of carboxylic acids is 1. The topological polar surface area (TPSA) is 124 Å². The van der Waals surface area contributed by atoms with Crippen LogP contribution in [0.2, 0.25) is 0 Å². The largest absolute Gasteiger partial charge is 0.494 e. The average molecular weight is 626 g/mol. The van der Waals surface area contributed by atoms with Gasteiger partial charge in [0.15, 0.2) is 5.65 Å². The molecule has 45 heavy (non-hydrogen) atoms. The van der Waals surface area contributed by atoms with Crippen molar-refractivity contribution in [2.45, 2.75) is 25.4 Å². The van der Waals surface area contributed by atoms with Crippen LogP contribution in [0.15, 0.2) is 60.8 Å². The minimum atomic E-state index is -5.08. The van der Waals surface area contributed by atoms with Gasteiger partial charge in [-0.25, -0.2) is 9.31 Å². The number of carboxylic acid groups (broad SMARTS) is 1. The Balaban J connectivity index is 0.000000515. The minimum Gasteiger partial charge on any atom is -0.494 e. The van der Waals surface area contributed by atoms with Gasteiger partial charge in [0.05, 0.1) is 12.8 Å². The van der Waals surface area contributed by atoms with Crippen molar-refractivity contribution < 1.29 is 32.6 Å². The fourth-order valence-electron chi connectivity index (χ4n) is 4.81. The summed E-state index contributed by atoms with van der Waals surface area (Å²) in [5.74, 6) is -0.834. The minimum absolute atomic E-state index is 0.0925. The van der Waals surface area contributed by atoms with Gasteiger partial charge in [0.2, 0.25) is 11.9 Å². The van der Waals surface area contributed by atoms with Crippen molar-refractivity contribution in [1.82, 2.24) is 19.5 Å². The van der Waals surface area contributed by atoms with Gasteiger partial charge in [-0.2, -0.15) is 18.2 Å². The van der Waals surface area contributed by atoms with Gasteiger partial charge in [-0.05, 0) is 67.8 Å². The molecule has 0 spiro atoms. The third kappa shape index (κ3) is 8.41. The molecule has 2 aromatic carbocycles. The van der Waals surface area contributed by atoms with E-state index in [1.807, 2.05) is 48.7 Å². The molecule has 0 bridgehead atoms. The first-order chi connectivity index (χ1) is 21.5. The molecular formula is C31H34F3N7O4. The van der Waals surface area contributed by atoms with Gasteiger partial charge >= 0.3 is 12.1 Å². The maximum Gasteiger partial charge on any atom is 0.490 e. The number of aromatic nitrogens is 3. The van der Waals surface area contributed by atoms with Crippen molar-refractivity contribution in [3.8, 4) is 16.9 Å². The van der Waals surface area contributed by atoms with E-state index in [0.717, 1.165) is 65.8 Å². The van der Waals surface area contributed by atoms with Crippen molar-refractivity contribution in [2.75, 3.05) is 55.9 Å². The predicted octanol–water partition coefficient (Wildman–Crippen LogP) is 5.27. The number of aliphatic carboxylic acids is 1. The van der Waals surface area contributed by atoms with E-state index in [-0.39, 0.29) is 5.91 Å². The van der Waals surface area contributed by atoms with Crippen LogP contribution in [0.25, 0.3) is 16.8 Å². The van der Waals surface area contributed by atoms with E-state index < -0.39 is 12.1 Å².